The van der Waals surface area contributed by atoms with Crippen LogP contribution in [0, 0.1) is 28.5 Å². The van der Waals surface area contributed by atoms with E-state index in [4.69, 9.17) is 16.3 Å². The number of anilines is 1. The van der Waals surface area contributed by atoms with Crippen molar-refractivity contribution >= 4 is 16.6 Å². The molecular weight excluding hydrogens is 403 g/mol. The summed E-state index contributed by atoms with van der Waals surface area (Å²) in [5.41, 5.74) is 4.69. The molecule has 0 spiro atoms. The van der Waals surface area contributed by atoms with E-state index in [0.717, 1.165) is 18.9 Å². The molecule has 2 heterocycles. The van der Waals surface area contributed by atoms with Gasteiger partial charge in [0.1, 0.15) is 11.2 Å². The zero-order valence-electron chi connectivity index (χ0n) is 17.9. The minimum absolute atomic E-state index is 0.00478. The Morgan fingerprint density at radius 2 is 2.00 bits per heavy atom. The lowest BCUT2D eigenvalue weighted by Gasteiger charge is -2.30. The highest BCUT2D eigenvalue weighted by Crippen LogP contribution is 2.44. The molecule has 166 valence electrons. The van der Waals surface area contributed by atoms with Crippen LogP contribution in [-0.2, 0) is 0 Å². The third kappa shape index (κ3) is 3.24. The first-order chi connectivity index (χ1) is 14.6. The third-order valence-electron chi connectivity index (χ3n) is 6.57. The van der Waals surface area contributed by atoms with E-state index < -0.39 is 22.5 Å². The molecule has 1 saturated heterocycles. The van der Waals surface area contributed by atoms with E-state index in [1.165, 1.54) is 11.7 Å². The van der Waals surface area contributed by atoms with Crippen LogP contribution in [0.2, 0.25) is 0 Å². The number of ether oxygens (including phenoxy) is 1. The molecule has 2 aromatic rings. The van der Waals surface area contributed by atoms with Crippen LogP contribution in [0.4, 0.5) is 10.1 Å². The van der Waals surface area contributed by atoms with Gasteiger partial charge in [-0.25, -0.2) is 9.18 Å². The van der Waals surface area contributed by atoms with Crippen LogP contribution in [0.25, 0.3) is 10.9 Å². The van der Waals surface area contributed by atoms with Crippen LogP contribution < -0.4 is 32.5 Å². The molecule has 0 radical (unpaired) electrons. The second-order valence-electron chi connectivity index (χ2n) is 9.05. The molecule has 2 atom stereocenters. The molecular formula is C21H27FN6O3. The molecule has 1 aliphatic carbocycles. The normalized spacial score (nSPS) is 20.1. The highest BCUT2D eigenvalue weighted by Gasteiger charge is 2.39. The maximum atomic E-state index is 15.3. The summed E-state index contributed by atoms with van der Waals surface area (Å²) in [5, 5.41) is 9.42. The van der Waals surface area contributed by atoms with Crippen molar-refractivity contribution in [3.05, 3.63) is 32.7 Å². The quantitative estimate of drug-likeness (QED) is 0.678. The van der Waals surface area contributed by atoms with Crippen molar-refractivity contribution in [1.29, 1.82) is 5.26 Å². The second kappa shape index (κ2) is 7.27. The van der Waals surface area contributed by atoms with Crippen LogP contribution in [0.15, 0.2) is 15.7 Å². The Labute approximate surface area is 178 Å². The molecule has 10 heteroatoms. The molecule has 1 aromatic heterocycles. The molecule has 0 bridgehead atoms. The third-order valence-corrected chi connectivity index (χ3v) is 6.57. The predicted molar refractivity (Wildman–Crippen MR) is 115 cm³/mol. The Hall–Kier alpha value is -3.06. The number of benzene rings is 1. The van der Waals surface area contributed by atoms with Gasteiger partial charge in [-0.15, -0.1) is 0 Å². The Balaban J connectivity index is 1.87. The number of fused-ring (bicyclic) bond motifs is 1. The lowest BCUT2D eigenvalue weighted by atomic mass is 9.79. The van der Waals surface area contributed by atoms with Gasteiger partial charge in [0.15, 0.2) is 11.6 Å². The van der Waals surface area contributed by atoms with Crippen LogP contribution in [0.5, 0.6) is 5.75 Å². The second-order valence-corrected chi connectivity index (χ2v) is 9.05. The number of nitrogens with zero attached hydrogens (tertiary/aromatic N) is 4. The minimum Gasteiger partial charge on any atom is -0.492 e. The summed E-state index contributed by atoms with van der Waals surface area (Å²) >= 11 is 0. The number of hydrogen-bond acceptors (Lipinski definition) is 7. The Bertz CT molecular complexity index is 1210. The predicted octanol–water partition coefficient (Wildman–Crippen LogP) is 1.06. The van der Waals surface area contributed by atoms with Crippen molar-refractivity contribution in [3.63, 3.8) is 0 Å². The first-order valence-electron chi connectivity index (χ1n) is 10.4. The van der Waals surface area contributed by atoms with Gasteiger partial charge < -0.3 is 21.2 Å². The van der Waals surface area contributed by atoms with Gasteiger partial charge in [-0.2, -0.15) is 9.94 Å². The molecule has 2 unspecified atom stereocenters. The van der Waals surface area contributed by atoms with Gasteiger partial charge in [0, 0.05) is 25.2 Å². The van der Waals surface area contributed by atoms with Crippen molar-refractivity contribution in [2.45, 2.75) is 45.2 Å². The summed E-state index contributed by atoms with van der Waals surface area (Å²) in [4.78, 5) is 27.2. The Morgan fingerprint density at radius 3 is 2.58 bits per heavy atom. The van der Waals surface area contributed by atoms with E-state index in [2.05, 4.69) is 6.07 Å². The van der Waals surface area contributed by atoms with Gasteiger partial charge >= 0.3 is 5.69 Å². The summed E-state index contributed by atoms with van der Waals surface area (Å²) < 4.78 is 22.9. The maximum absolute atomic E-state index is 15.3. The molecule has 2 fully saturated rings. The van der Waals surface area contributed by atoms with Gasteiger partial charge in [0.2, 0.25) is 0 Å². The minimum atomic E-state index is -0.766. The van der Waals surface area contributed by atoms with Crippen molar-refractivity contribution in [2.75, 3.05) is 30.9 Å². The van der Waals surface area contributed by atoms with Crippen LogP contribution in [-0.4, -0.2) is 35.5 Å². The topological polar surface area (TPSA) is 132 Å². The van der Waals surface area contributed by atoms with Crippen molar-refractivity contribution in [1.82, 2.24) is 9.24 Å². The molecule has 1 saturated carbocycles. The van der Waals surface area contributed by atoms with Gasteiger partial charge in [0.05, 0.1) is 24.0 Å². The van der Waals surface area contributed by atoms with Gasteiger partial charge in [-0.1, -0.05) is 0 Å². The summed E-state index contributed by atoms with van der Waals surface area (Å²) in [6, 6.07) is 2.89. The van der Waals surface area contributed by atoms with Crippen molar-refractivity contribution < 1.29 is 9.13 Å². The van der Waals surface area contributed by atoms with E-state index >= 15 is 4.39 Å². The molecule has 31 heavy (non-hydrogen) atoms. The van der Waals surface area contributed by atoms with E-state index in [0.29, 0.717) is 24.2 Å². The lowest BCUT2D eigenvalue weighted by Crippen LogP contribution is -2.45. The van der Waals surface area contributed by atoms with Crippen LogP contribution >= 0.6 is 0 Å². The molecule has 4 rings (SSSR count). The first-order valence-corrected chi connectivity index (χ1v) is 10.4. The lowest BCUT2D eigenvalue weighted by molar-refractivity contribution is 0.293. The molecule has 2 aliphatic rings. The zero-order chi connectivity index (χ0) is 22.7. The summed E-state index contributed by atoms with van der Waals surface area (Å²) in [5.74, 6) is 5.18. The highest BCUT2D eigenvalue weighted by molar-refractivity contribution is 5.91. The van der Waals surface area contributed by atoms with E-state index in [9.17, 15) is 14.9 Å². The molecule has 1 aliphatic heterocycles. The fraction of sp³-hybridized carbons (Fsp3) is 0.571. The van der Waals surface area contributed by atoms with Gasteiger partial charge in [-0.3, -0.25) is 9.36 Å². The number of hydrogen-bond donors (Lipinski definition) is 2. The van der Waals surface area contributed by atoms with Crippen molar-refractivity contribution in [3.8, 4) is 11.8 Å². The maximum Gasteiger partial charge on any atom is 0.350 e. The van der Waals surface area contributed by atoms with Crippen molar-refractivity contribution in [2.24, 2.45) is 17.1 Å². The molecule has 1 aromatic carbocycles. The van der Waals surface area contributed by atoms with Crippen LogP contribution in [0.3, 0.4) is 0 Å². The summed E-state index contributed by atoms with van der Waals surface area (Å²) in [7, 11) is 1.39. The van der Waals surface area contributed by atoms with E-state index in [1.807, 2.05) is 4.90 Å². The smallest absolute Gasteiger partial charge is 0.350 e. The monoisotopic (exact) mass is 430 g/mol. The number of aromatic nitrogens is 2. The number of nitrogen functional groups attached to an aromatic ring is 1. The number of nitriles is 1. The Morgan fingerprint density at radius 1 is 1.32 bits per heavy atom. The molecule has 9 nitrogen and oxygen atoms in total. The zero-order valence-corrected chi connectivity index (χ0v) is 17.9. The molecule has 0 amide bonds. The number of halogens is 1. The average molecular weight is 430 g/mol. The van der Waals surface area contributed by atoms with E-state index in [-0.39, 0.29) is 40.3 Å². The summed E-state index contributed by atoms with van der Waals surface area (Å²) in [6.45, 7) is 4.54. The molecule has 4 N–H and O–H groups in total. The largest absolute Gasteiger partial charge is 0.492 e. The number of methoxy groups -OCH3 is 1. The Kier molecular flexibility index (Phi) is 4.97. The highest BCUT2D eigenvalue weighted by atomic mass is 19.1. The average Bonchev–Trinajstić information content (AvgIpc) is 3.47. The number of rotatable bonds is 5. The van der Waals surface area contributed by atoms with E-state index in [1.54, 1.807) is 13.8 Å². The first kappa shape index (κ1) is 21.2. The summed E-state index contributed by atoms with van der Waals surface area (Å²) in [6.07, 6.45) is 2.23. The number of nitrogens with two attached hydrogens (primary N) is 2. The van der Waals surface area contributed by atoms with Gasteiger partial charge in [-0.05, 0) is 45.1 Å². The fourth-order valence-corrected chi connectivity index (χ4v) is 4.54. The fourth-order valence-electron chi connectivity index (χ4n) is 4.54. The standard InChI is InChI=1S/C21H27FN6O3/c1-21(2,10-23)18(24)11-6-7-26(9-11)16-14(22)8-13-15(17(16)31-3)27(12-4-5-12)20(30)28(25)19(13)29/h8,11-12,18H,4-7,9,24-25H2,1-3H3. The van der Waals surface area contributed by atoms with Crippen LogP contribution in [0.1, 0.15) is 39.2 Å². The van der Waals surface area contributed by atoms with Gasteiger partial charge in [0.25, 0.3) is 5.56 Å². The SMILES string of the molecule is COc1c(N2CCC(C(N)C(C)(C)C#N)C2)c(F)cc2c(=O)n(N)c(=O)n(C3CC3)c12.